The summed E-state index contributed by atoms with van der Waals surface area (Å²) in [6.07, 6.45) is 0.996. The van der Waals surface area contributed by atoms with Gasteiger partial charge in [-0.2, -0.15) is 4.31 Å². The van der Waals surface area contributed by atoms with Crippen molar-refractivity contribution in [3.05, 3.63) is 29.8 Å². The predicted octanol–water partition coefficient (Wildman–Crippen LogP) is 3.02. The van der Waals surface area contributed by atoms with Gasteiger partial charge >= 0.3 is 0 Å². The van der Waals surface area contributed by atoms with E-state index in [4.69, 9.17) is 0 Å². The van der Waals surface area contributed by atoms with Crippen molar-refractivity contribution < 1.29 is 17.2 Å². The number of halogens is 2. The Kier molecular flexibility index (Phi) is 4.16. The summed E-state index contributed by atoms with van der Waals surface area (Å²) in [7, 11) is -3.87. The molecule has 112 valence electrons. The molecule has 2 rings (SSSR count). The van der Waals surface area contributed by atoms with Crippen LogP contribution in [0.2, 0.25) is 0 Å². The summed E-state index contributed by atoms with van der Waals surface area (Å²) >= 11 is 0. The van der Waals surface area contributed by atoms with Crippen LogP contribution in [-0.2, 0) is 10.0 Å². The van der Waals surface area contributed by atoms with Gasteiger partial charge in [-0.05, 0) is 44.2 Å². The Labute approximate surface area is 118 Å². The predicted molar refractivity (Wildman–Crippen MR) is 72.7 cm³/mol. The van der Waals surface area contributed by atoms with Crippen LogP contribution in [0.15, 0.2) is 23.1 Å². The maximum atomic E-state index is 13.2. The fourth-order valence-electron chi connectivity index (χ4n) is 2.28. The van der Waals surface area contributed by atoms with Crippen molar-refractivity contribution in [1.82, 2.24) is 4.31 Å². The highest BCUT2D eigenvalue weighted by molar-refractivity contribution is 7.89. The molecular weight excluding hydrogens is 284 g/mol. The Morgan fingerprint density at radius 1 is 1.25 bits per heavy atom. The molecular formula is C14H19F2NO2S. The molecule has 0 unspecified atom stereocenters. The topological polar surface area (TPSA) is 37.4 Å². The van der Waals surface area contributed by atoms with Crippen molar-refractivity contribution in [3.8, 4) is 0 Å². The molecule has 0 bridgehead atoms. The van der Waals surface area contributed by atoms with Crippen LogP contribution in [0.3, 0.4) is 0 Å². The van der Waals surface area contributed by atoms with Crippen molar-refractivity contribution in [3.63, 3.8) is 0 Å². The highest BCUT2D eigenvalue weighted by Gasteiger charge is 2.38. The third kappa shape index (κ3) is 3.17. The molecule has 0 heterocycles. The van der Waals surface area contributed by atoms with Gasteiger partial charge in [0.15, 0.2) is 0 Å². The molecule has 1 aromatic carbocycles. The van der Waals surface area contributed by atoms with Crippen LogP contribution in [-0.4, -0.2) is 25.3 Å². The van der Waals surface area contributed by atoms with Crippen LogP contribution in [0.5, 0.6) is 0 Å². The summed E-state index contributed by atoms with van der Waals surface area (Å²) in [5, 5.41) is 0. The highest BCUT2D eigenvalue weighted by Crippen LogP contribution is 2.39. The Hall–Kier alpha value is -1.01. The van der Waals surface area contributed by atoms with Gasteiger partial charge in [0.25, 0.3) is 0 Å². The van der Waals surface area contributed by atoms with E-state index in [1.54, 1.807) is 13.8 Å². The van der Waals surface area contributed by atoms with Gasteiger partial charge in [0.05, 0.1) is 4.90 Å². The molecule has 0 saturated heterocycles. The summed E-state index contributed by atoms with van der Waals surface area (Å²) in [6.45, 7) is 6.00. The van der Waals surface area contributed by atoms with Crippen LogP contribution in [0, 0.1) is 23.5 Å². The minimum absolute atomic E-state index is 0.251. The number of benzene rings is 1. The van der Waals surface area contributed by atoms with Gasteiger partial charge in [0.1, 0.15) is 11.6 Å². The first kappa shape index (κ1) is 15.4. The summed E-state index contributed by atoms with van der Waals surface area (Å²) < 4.78 is 52.9. The van der Waals surface area contributed by atoms with E-state index >= 15 is 0 Å². The van der Waals surface area contributed by atoms with Gasteiger partial charge in [0.2, 0.25) is 10.0 Å². The molecule has 3 nitrogen and oxygen atoms in total. The van der Waals surface area contributed by atoms with E-state index in [0.717, 1.165) is 18.6 Å². The normalized spacial score (nSPS) is 22.6. The number of nitrogens with zero attached hydrogens (tertiary/aromatic N) is 1. The molecule has 0 N–H and O–H groups in total. The SMILES string of the molecule is CC(C)N(C[C@@H]1C[C@@H]1C)S(=O)(=O)c1cc(F)cc(F)c1. The second-order valence-electron chi connectivity index (χ2n) is 5.75. The maximum Gasteiger partial charge on any atom is 0.243 e. The lowest BCUT2D eigenvalue weighted by atomic mass is 10.3. The van der Waals surface area contributed by atoms with Crippen molar-refractivity contribution in [1.29, 1.82) is 0 Å². The molecule has 2 atom stereocenters. The fourth-order valence-corrected chi connectivity index (χ4v) is 4.02. The van der Waals surface area contributed by atoms with Crippen LogP contribution < -0.4 is 0 Å². The third-order valence-corrected chi connectivity index (χ3v) is 5.73. The van der Waals surface area contributed by atoms with E-state index in [9.17, 15) is 17.2 Å². The fraction of sp³-hybridized carbons (Fsp3) is 0.571. The summed E-state index contributed by atoms with van der Waals surface area (Å²) in [4.78, 5) is -0.322. The maximum absolute atomic E-state index is 13.2. The van der Waals surface area contributed by atoms with E-state index in [-0.39, 0.29) is 10.9 Å². The molecule has 1 aromatic rings. The first-order chi connectivity index (χ1) is 9.21. The van der Waals surface area contributed by atoms with Crippen molar-refractivity contribution in [2.75, 3.05) is 6.54 Å². The number of sulfonamides is 1. The largest absolute Gasteiger partial charge is 0.243 e. The summed E-state index contributed by atoms with van der Waals surface area (Å²) in [6, 6.07) is 2.15. The van der Waals surface area contributed by atoms with Crippen molar-refractivity contribution >= 4 is 10.0 Å². The lowest BCUT2D eigenvalue weighted by Gasteiger charge is -2.26. The Balaban J connectivity index is 2.34. The van der Waals surface area contributed by atoms with Gasteiger partial charge in [-0.1, -0.05) is 6.92 Å². The Bertz CT molecular complexity index is 581. The lowest BCUT2D eigenvalue weighted by molar-refractivity contribution is 0.336. The number of hydrogen-bond donors (Lipinski definition) is 0. The lowest BCUT2D eigenvalue weighted by Crippen LogP contribution is -2.38. The highest BCUT2D eigenvalue weighted by atomic mass is 32.2. The van der Waals surface area contributed by atoms with Crippen molar-refractivity contribution in [2.24, 2.45) is 11.8 Å². The van der Waals surface area contributed by atoms with E-state index in [1.807, 2.05) is 0 Å². The van der Waals surface area contributed by atoms with E-state index in [0.29, 0.717) is 24.4 Å². The zero-order valence-corrected chi connectivity index (χ0v) is 12.6. The van der Waals surface area contributed by atoms with Gasteiger partial charge < -0.3 is 0 Å². The molecule has 1 fully saturated rings. The monoisotopic (exact) mass is 303 g/mol. The molecule has 0 aromatic heterocycles. The molecule has 1 aliphatic carbocycles. The molecule has 0 aliphatic heterocycles. The second-order valence-corrected chi connectivity index (χ2v) is 7.64. The Morgan fingerprint density at radius 2 is 1.75 bits per heavy atom. The molecule has 0 spiro atoms. The average Bonchev–Trinajstić information content (AvgIpc) is 3.00. The van der Waals surface area contributed by atoms with Crippen LogP contribution in [0.1, 0.15) is 27.2 Å². The van der Waals surface area contributed by atoms with Crippen LogP contribution >= 0.6 is 0 Å². The molecule has 0 amide bonds. The standard InChI is InChI=1S/C14H19F2NO2S/c1-9(2)17(8-11-4-10(11)3)20(18,19)14-6-12(15)5-13(16)7-14/h5-7,9-11H,4,8H2,1-3H3/t10-,11-/m0/s1. The number of hydrogen-bond acceptors (Lipinski definition) is 2. The zero-order valence-electron chi connectivity index (χ0n) is 11.8. The minimum Gasteiger partial charge on any atom is -0.207 e. The summed E-state index contributed by atoms with van der Waals surface area (Å²) in [5.41, 5.74) is 0. The molecule has 6 heteroatoms. The first-order valence-electron chi connectivity index (χ1n) is 6.69. The van der Waals surface area contributed by atoms with E-state index in [1.165, 1.54) is 4.31 Å². The van der Waals surface area contributed by atoms with Gasteiger partial charge in [-0.15, -0.1) is 0 Å². The second kappa shape index (κ2) is 5.41. The van der Waals surface area contributed by atoms with Gasteiger partial charge in [0, 0.05) is 18.7 Å². The van der Waals surface area contributed by atoms with Gasteiger partial charge in [-0.25, -0.2) is 17.2 Å². The average molecular weight is 303 g/mol. The Morgan fingerprint density at radius 3 is 2.15 bits per heavy atom. The van der Waals surface area contributed by atoms with Crippen LogP contribution in [0.4, 0.5) is 8.78 Å². The molecule has 0 radical (unpaired) electrons. The zero-order chi connectivity index (χ0) is 15.1. The van der Waals surface area contributed by atoms with Crippen LogP contribution in [0.25, 0.3) is 0 Å². The van der Waals surface area contributed by atoms with Gasteiger partial charge in [-0.3, -0.25) is 0 Å². The van der Waals surface area contributed by atoms with E-state index < -0.39 is 21.7 Å². The number of rotatable bonds is 5. The van der Waals surface area contributed by atoms with E-state index in [2.05, 4.69) is 6.92 Å². The molecule has 1 aliphatic rings. The third-order valence-electron chi connectivity index (χ3n) is 3.71. The minimum atomic E-state index is -3.87. The molecule has 1 saturated carbocycles. The quantitative estimate of drug-likeness (QED) is 0.838. The first-order valence-corrected chi connectivity index (χ1v) is 8.13. The molecule has 20 heavy (non-hydrogen) atoms. The summed E-state index contributed by atoms with van der Waals surface area (Å²) in [5.74, 6) is -0.916. The smallest absolute Gasteiger partial charge is 0.207 e. The van der Waals surface area contributed by atoms with Crippen molar-refractivity contribution in [2.45, 2.75) is 38.1 Å².